The highest BCUT2D eigenvalue weighted by Gasteiger charge is 2.30. The van der Waals surface area contributed by atoms with Crippen LogP contribution in [0.15, 0.2) is 48.5 Å². The monoisotopic (exact) mass is 401 g/mol. The van der Waals surface area contributed by atoms with Crippen molar-refractivity contribution in [1.29, 1.82) is 0 Å². The number of nitrogens with zero attached hydrogens (tertiary/aromatic N) is 1. The second-order valence-electron chi connectivity index (χ2n) is 6.34. The Balaban J connectivity index is 2.15. The highest BCUT2D eigenvalue weighted by Crippen LogP contribution is 2.15. The van der Waals surface area contributed by atoms with Gasteiger partial charge in [-0.15, -0.1) is 0 Å². The molecule has 0 aliphatic heterocycles. The van der Waals surface area contributed by atoms with E-state index in [4.69, 9.17) is 14.2 Å². The fourth-order valence-corrected chi connectivity index (χ4v) is 2.80. The molecule has 0 aliphatic carbocycles. The van der Waals surface area contributed by atoms with Gasteiger partial charge in [0.15, 0.2) is 0 Å². The second-order valence-corrected chi connectivity index (χ2v) is 6.34. The molecule has 0 unspecified atom stereocenters. The van der Waals surface area contributed by atoms with E-state index >= 15 is 0 Å². The van der Waals surface area contributed by atoms with Crippen LogP contribution < -0.4 is 10.2 Å². The molecule has 0 saturated heterocycles. The fourth-order valence-electron chi connectivity index (χ4n) is 2.80. The summed E-state index contributed by atoms with van der Waals surface area (Å²) in [6.45, 7) is 0.0707. The van der Waals surface area contributed by atoms with Crippen LogP contribution in [-0.2, 0) is 27.3 Å². The number of benzene rings is 2. The van der Waals surface area contributed by atoms with E-state index in [9.17, 15) is 19.6 Å². The van der Waals surface area contributed by atoms with Crippen LogP contribution in [0.1, 0.15) is 11.1 Å². The van der Waals surface area contributed by atoms with Crippen molar-refractivity contribution in [1.82, 2.24) is 4.90 Å². The first-order chi connectivity index (χ1) is 13.9. The number of carbonyl (C=O) groups excluding carboxylic acids is 2. The van der Waals surface area contributed by atoms with Gasteiger partial charge < -0.3 is 24.3 Å². The summed E-state index contributed by atoms with van der Waals surface area (Å²) in [6, 6.07) is 13.0. The minimum atomic E-state index is -1.74. The van der Waals surface area contributed by atoms with Gasteiger partial charge in [-0.2, -0.15) is 0 Å². The molecule has 0 saturated carbocycles. The molecular weight excluding hydrogens is 377 g/mol. The lowest BCUT2D eigenvalue weighted by Crippen LogP contribution is -2.45. The van der Waals surface area contributed by atoms with Crippen molar-refractivity contribution in [3.8, 4) is 5.75 Å². The average molecular weight is 401 g/mol. The Hall–Kier alpha value is -3.04. The maximum absolute atomic E-state index is 12.4. The number of hydrogen-bond acceptors (Lipinski definition) is 7. The topological polar surface area (TPSA) is 106 Å². The normalized spacial score (nSPS) is 11.3. The van der Waals surface area contributed by atoms with Gasteiger partial charge in [0.05, 0.1) is 14.2 Å². The molecule has 0 bridgehead atoms. The number of methoxy groups -OCH3 is 2. The molecule has 9 heteroatoms. The first-order valence-corrected chi connectivity index (χ1v) is 8.91. The van der Waals surface area contributed by atoms with Crippen LogP contribution in [0.2, 0.25) is 0 Å². The van der Waals surface area contributed by atoms with E-state index in [1.165, 1.54) is 27.3 Å². The first-order valence-electron chi connectivity index (χ1n) is 8.91. The van der Waals surface area contributed by atoms with Gasteiger partial charge in [0, 0.05) is 18.9 Å². The maximum Gasteiger partial charge on any atom is 0.492 e. The number of hydrogen-bond donors (Lipinski definition) is 2. The van der Waals surface area contributed by atoms with Gasteiger partial charge in [-0.25, -0.2) is 9.59 Å². The van der Waals surface area contributed by atoms with E-state index in [1.54, 1.807) is 12.1 Å². The molecule has 1 atom stereocenters. The smallest absolute Gasteiger partial charge is 0.492 e. The molecule has 154 valence electrons. The van der Waals surface area contributed by atoms with Crippen molar-refractivity contribution in [3.05, 3.63) is 59.7 Å². The second kappa shape index (κ2) is 10.5. The lowest BCUT2D eigenvalue weighted by molar-refractivity contribution is -0.146. The van der Waals surface area contributed by atoms with Gasteiger partial charge in [0.2, 0.25) is 0 Å². The molecule has 29 heavy (non-hydrogen) atoms. The van der Waals surface area contributed by atoms with Gasteiger partial charge in [0.1, 0.15) is 18.4 Å². The molecule has 8 nitrogen and oxygen atoms in total. The molecule has 1 amide bonds. The zero-order valence-corrected chi connectivity index (χ0v) is 16.6. The Labute approximate surface area is 169 Å². The Bertz CT molecular complexity index is 829. The van der Waals surface area contributed by atoms with Crippen LogP contribution >= 0.6 is 0 Å². The zero-order chi connectivity index (χ0) is 21.4. The summed E-state index contributed by atoms with van der Waals surface area (Å²) in [6.07, 6.45) is -0.590. The van der Waals surface area contributed by atoms with Crippen LogP contribution in [-0.4, -0.2) is 61.4 Å². The molecule has 0 aliphatic rings. The molecule has 0 radical (unpaired) electrons. The molecule has 0 aromatic heterocycles. The largest absolute Gasteiger partial charge is 0.497 e. The van der Waals surface area contributed by atoms with Crippen molar-refractivity contribution in [2.24, 2.45) is 0 Å². The predicted molar refractivity (Wildman–Crippen MR) is 107 cm³/mol. The summed E-state index contributed by atoms with van der Waals surface area (Å²) in [5, 5.41) is 19.0. The van der Waals surface area contributed by atoms with Crippen molar-refractivity contribution in [3.63, 3.8) is 0 Å². The van der Waals surface area contributed by atoms with E-state index in [1.807, 2.05) is 30.3 Å². The quantitative estimate of drug-likeness (QED) is 0.496. The van der Waals surface area contributed by atoms with E-state index in [-0.39, 0.29) is 18.5 Å². The number of ether oxygens (including phenoxy) is 3. The van der Waals surface area contributed by atoms with Gasteiger partial charge in [0.25, 0.3) is 0 Å². The van der Waals surface area contributed by atoms with Crippen LogP contribution in [0.4, 0.5) is 4.79 Å². The lowest BCUT2D eigenvalue weighted by Gasteiger charge is -2.26. The molecule has 2 aromatic carbocycles. The van der Waals surface area contributed by atoms with Crippen molar-refractivity contribution >= 4 is 24.6 Å². The van der Waals surface area contributed by atoms with E-state index in [0.29, 0.717) is 11.3 Å². The van der Waals surface area contributed by atoms with E-state index in [0.717, 1.165) is 10.5 Å². The molecule has 0 heterocycles. The Kier molecular flexibility index (Phi) is 8.05. The molecule has 2 rings (SSSR count). The van der Waals surface area contributed by atoms with Gasteiger partial charge >= 0.3 is 19.2 Å². The highest BCUT2D eigenvalue weighted by molar-refractivity contribution is 6.59. The third kappa shape index (κ3) is 5.97. The van der Waals surface area contributed by atoms with Crippen LogP contribution in [0.3, 0.4) is 0 Å². The fraction of sp³-hybridized carbons (Fsp3) is 0.300. The molecule has 2 N–H and O–H groups in total. The number of rotatable bonds is 8. The molecule has 0 spiro atoms. The Morgan fingerprint density at radius 2 is 1.76 bits per heavy atom. The SMILES string of the molecule is COC(=O)[C@H](Cc1ccc(OC)c(B(O)O)c1)N(C)C(=O)OCc1ccccc1. The lowest BCUT2D eigenvalue weighted by atomic mass is 9.78. The molecular formula is C20H24BNO7. The summed E-state index contributed by atoms with van der Waals surface area (Å²) >= 11 is 0. The predicted octanol–water partition coefficient (Wildman–Crippen LogP) is 0.728. The average Bonchev–Trinajstić information content (AvgIpc) is 2.75. The Morgan fingerprint density at radius 1 is 1.07 bits per heavy atom. The summed E-state index contributed by atoms with van der Waals surface area (Å²) in [4.78, 5) is 25.9. The summed E-state index contributed by atoms with van der Waals surface area (Å²) < 4.78 is 15.2. The van der Waals surface area contributed by atoms with Crippen molar-refractivity contribution in [2.75, 3.05) is 21.3 Å². The highest BCUT2D eigenvalue weighted by atomic mass is 16.6. The molecule has 2 aromatic rings. The number of carbonyl (C=O) groups is 2. The minimum Gasteiger partial charge on any atom is -0.497 e. The van der Waals surface area contributed by atoms with Crippen LogP contribution in [0.25, 0.3) is 0 Å². The van der Waals surface area contributed by atoms with Crippen LogP contribution in [0.5, 0.6) is 5.75 Å². The van der Waals surface area contributed by atoms with E-state index < -0.39 is 25.2 Å². The van der Waals surface area contributed by atoms with Gasteiger partial charge in [-0.3, -0.25) is 4.90 Å². The van der Waals surface area contributed by atoms with Crippen molar-refractivity contribution < 1.29 is 33.8 Å². The summed E-state index contributed by atoms with van der Waals surface area (Å²) in [5.74, 6) is -0.319. The van der Waals surface area contributed by atoms with Gasteiger partial charge in [-0.1, -0.05) is 42.5 Å². The number of likely N-dealkylation sites (N-methyl/N-ethyl adjacent to an activating group) is 1. The zero-order valence-electron chi connectivity index (χ0n) is 16.6. The van der Waals surface area contributed by atoms with E-state index in [2.05, 4.69) is 0 Å². The Morgan fingerprint density at radius 3 is 2.34 bits per heavy atom. The summed E-state index contributed by atoms with van der Waals surface area (Å²) in [5.41, 5.74) is 1.57. The van der Waals surface area contributed by atoms with Crippen LogP contribution in [0, 0.1) is 0 Å². The molecule has 0 fully saturated rings. The first kappa shape index (κ1) is 22.3. The summed E-state index contributed by atoms with van der Waals surface area (Å²) in [7, 11) is 2.35. The van der Waals surface area contributed by atoms with Gasteiger partial charge in [-0.05, 0) is 17.2 Å². The minimum absolute atomic E-state index is 0.0707. The van der Waals surface area contributed by atoms with Crippen molar-refractivity contribution in [2.45, 2.75) is 19.1 Å². The number of esters is 1. The standard InChI is InChI=1S/C20H24BNO7/c1-22(20(24)29-13-14-7-5-4-6-8-14)17(19(23)28-3)12-15-9-10-18(27-2)16(11-15)21(25)26/h4-11,17,25-26H,12-13H2,1-3H3/t17-/m0/s1. The maximum atomic E-state index is 12.4. The third-order valence-corrected chi connectivity index (χ3v) is 4.44. The number of amides is 1. The third-order valence-electron chi connectivity index (χ3n) is 4.44.